The molecule has 0 aliphatic heterocycles. The first-order chi connectivity index (χ1) is 17.2. The van der Waals surface area contributed by atoms with Crippen molar-refractivity contribution in [3.8, 4) is 16.9 Å². The van der Waals surface area contributed by atoms with Crippen molar-refractivity contribution in [1.82, 2.24) is 24.3 Å². The number of nitrogens with zero attached hydrogens (tertiary/aromatic N) is 5. The van der Waals surface area contributed by atoms with E-state index in [0.717, 1.165) is 12.8 Å². The SMILES string of the molecule is CCn1cc(-c2cc(CBr)cc3c(=O)n([C@H](c4cc(OC)ccn4)C4CC4)cnc23)c(C(F)(F)F)n1. The van der Waals surface area contributed by atoms with Gasteiger partial charge >= 0.3 is 6.18 Å². The quantitative estimate of drug-likeness (QED) is 0.275. The zero-order valence-corrected chi connectivity index (χ0v) is 21.2. The Morgan fingerprint density at radius 1 is 1.19 bits per heavy atom. The van der Waals surface area contributed by atoms with Gasteiger partial charge in [-0.3, -0.25) is 19.0 Å². The number of ether oxygens (including phenoxy) is 1. The van der Waals surface area contributed by atoms with Crippen LogP contribution in [0.2, 0.25) is 0 Å². The van der Waals surface area contributed by atoms with Gasteiger partial charge in [-0.05, 0) is 49.4 Å². The molecule has 0 radical (unpaired) electrons. The molecule has 188 valence electrons. The highest BCUT2D eigenvalue weighted by Crippen LogP contribution is 2.43. The van der Waals surface area contributed by atoms with Crippen molar-refractivity contribution in [2.45, 2.75) is 43.9 Å². The number of halogens is 4. The van der Waals surface area contributed by atoms with Crippen molar-refractivity contribution in [2.75, 3.05) is 7.11 Å². The van der Waals surface area contributed by atoms with Gasteiger partial charge in [0.25, 0.3) is 5.56 Å². The van der Waals surface area contributed by atoms with Gasteiger partial charge < -0.3 is 4.74 Å². The lowest BCUT2D eigenvalue weighted by molar-refractivity contribution is -0.141. The van der Waals surface area contributed by atoms with E-state index in [2.05, 4.69) is 31.0 Å². The molecule has 0 amide bonds. The minimum absolute atomic E-state index is 0.102. The Balaban J connectivity index is 1.74. The monoisotopic (exact) mass is 561 g/mol. The molecular formula is C25H23BrF3N5O2. The van der Waals surface area contributed by atoms with Crippen molar-refractivity contribution in [3.05, 3.63) is 70.3 Å². The predicted molar refractivity (Wildman–Crippen MR) is 132 cm³/mol. The van der Waals surface area contributed by atoms with E-state index in [-0.39, 0.29) is 46.1 Å². The number of aromatic nitrogens is 5. The van der Waals surface area contributed by atoms with Gasteiger partial charge in [-0.2, -0.15) is 18.3 Å². The summed E-state index contributed by atoms with van der Waals surface area (Å²) < 4.78 is 49.7. The van der Waals surface area contributed by atoms with Gasteiger partial charge in [-0.25, -0.2) is 4.98 Å². The summed E-state index contributed by atoms with van der Waals surface area (Å²) in [5.41, 5.74) is 0.335. The molecule has 1 aromatic carbocycles. The Kier molecular flexibility index (Phi) is 6.36. The van der Waals surface area contributed by atoms with E-state index in [1.54, 1.807) is 49.1 Å². The van der Waals surface area contributed by atoms with Crippen LogP contribution in [-0.4, -0.2) is 31.4 Å². The number of hydrogen-bond donors (Lipinski definition) is 0. The summed E-state index contributed by atoms with van der Waals surface area (Å²) in [6.45, 7) is 1.99. The lowest BCUT2D eigenvalue weighted by Gasteiger charge is -2.20. The van der Waals surface area contributed by atoms with Gasteiger partial charge in [0.15, 0.2) is 5.69 Å². The van der Waals surface area contributed by atoms with E-state index in [1.165, 1.54) is 17.2 Å². The van der Waals surface area contributed by atoms with Gasteiger partial charge in [-0.1, -0.05) is 15.9 Å². The average Bonchev–Trinajstić information content (AvgIpc) is 3.60. The number of pyridine rings is 1. The van der Waals surface area contributed by atoms with Crippen molar-refractivity contribution in [2.24, 2.45) is 5.92 Å². The number of methoxy groups -OCH3 is 1. The third kappa shape index (κ3) is 4.40. The molecule has 3 heterocycles. The standard InChI is InChI=1S/C25H23BrF3N5O2/c1-3-33-12-19(23(32-33)25(27,28)29)17-8-14(11-26)9-18-21(17)31-13-34(24(18)35)22(15-4-5-15)20-10-16(36-2)6-7-30-20/h6-10,12-13,15,22H,3-5,11H2,1-2H3/t22-/m0/s1. The summed E-state index contributed by atoms with van der Waals surface area (Å²) in [4.78, 5) is 22.9. The number of alkyl halides is 4. The van der Waals surface area contributed by atoms with E-state index in [0.29, 0.717) is 22.3 Å². The highest BCUT2D eigenvalue weighted by atomic mass is 79.9. The van der Waals surface area contributed by atoms with Crippen LogP contribution < -0.4 is 10.3 Å². The van der Waals surface area contributed by atoms with E-state index >= 15 is 0 Å². The summed E-state index contributed by atoms with van der Waals surface area (Å²) in [6.07, 6.45) is 1.63. The van der Waals surface area contributed by atoms with Gasteiger partial charge in [0.05, 0.1) is 36.1 Å². The predicted octanol–water partition coefficient (Wildman–Crippen LogP) is 5.60. The van der Waals surface area contributed by atoms with Gasteiger partial charge in [-0.15, -0.1) is 0 Å². The van der Waals surface area contributed by atoms with Crippen LogP contribution in [0.3, 0.4) is 0 Å². The summed E-state index contributed by atoms with van der Waals surface area (Å²) in [5, 5.41) is 4.35. The lowest BCUT2D eigenvalue weighted by Crippen LogP contribution is -2.28. The van der Waals surface area contributed by atoms with Gasteiger partial charge in [0.2, 0.25) is 0 Å². The van der Waals surface area contributed by atoms with E-state index in [1.807, 2.05) is 0 Å². The first-order valence-electron chi connectivity index (χ1n) is 11.5. The second-order valence-corrected chi connectivity index (χ2v) is 9.34. The molecule has 0 N–H and O–H groups in total. The Bertz CT molecular complexity index is 1490. The Morgan fingerprint density at radius 2 is 1.97 bits per heavy atom. The van der Waals surface area contributed by atoms with Crippen LogP contribution in [0.4, 0.5) is 13.2 Å². The zero-order valence-electron chi connectivity index (χ0n) is 19.6. The van der Waals surface area contributed by atoms with Crippen LogP contribution in [-0.2, 0) is 18.1 Å². The first kappa shape index (κ1) is 24.5. The molecule has 1 aliphatic carbocycles. The summed E-state index contributed by atoms with van der Waals surface area (Å²) >= 11 is 3.39. The number of benzene rings is 1. The second-order valence-electron chi connectivity index (χ2n) is 8.78. The molecule has 4 aromatic rings. The van der Waals surface area contributed by atoms with Crippen LogP contribution in [0.1, 0.15) is 42.8 Å². The molecule has 3 aromatic heterocycles. The molecular weight excluding hydrogens is 539 g/mol. The van der Waals surface area contributed by atoms with Crippen molar-refractivity contribution in [1.29, 1.82) is 0 Å². The van der Waals surface area contributed by atoms with Crippen LogP contribution in [0, 0.1) is 5.92 Å². The molecule has 11 heteroatoms. The third-order valence-corrected chi connectivity index (χ3v) is 7.05. The largest absolute Gasteiger partial charge is 0.497 e. The third-order valence-electron chi connectivity index (χ3n) is 6.40. The maximum atomic E-state index is 13.9. The van der Waals surface area contributed by atoms with Crippen LogP contribution in [0.5, 0.6) is 5.75 Å². The van der Waals surface area contributed by atoms with Gasteiger partial charge in [0, 0.05) is 41.5 Å². The molecule has 1 saturated carbocycles. The maximum absolute atomic E-state index is 13.9. The molecule has 0 unspecified atom stereocenters. The van der Waals surface area contributed by atoms with E-state index < -0.39 is 11.9 Å². The van der Waals surface area contributed by atoms with Crippen LogP contribution >= 0.6 is 15.9 Å². The lowest BCUT2D eigenvalue weighted by atomic mass is 9.99. The smallest absolute Gasteiger partial charge is 0.435 e. The molecule has 7 nitrogen and oxygen atoms in total. The molecule has 36 heavy (non-hydrogen) atoms. The van der Waals surface area contributed by atoms with Crippen molar-refractivity contribution >= 4 is 26.8 Å². The topological polar surface area (TPSA) is 74.8 Å². The van der Waals surface area contributed by atoms with Crippen LogP contribution in [0.25, 0.3) is 22.0 Å². The minimum atomic E-state index is -4.66. The normalized spacial score (nSPS) is 14.8. The number of aryl methyl sites for hydroxylation is 1. The minimum Gasteiger partial charge on any atom is -0.497 e. The summed E-state index contributed by atoms with van der Waals surface area (Å²) in [5.74, 6) is 0.837. The molecule has 1 atom stereocenters. The molecule has 5 rings (SSSR count). The van der Waals surface area contributed by atoms with E-state index in [4.69, 9.17) is 4.74 Å². The Hall–Kier alpha value is -3.21. The number of rotatable bonds is 7. The van der Waals surface area contributed by atoms with Crippen LogP contribution in [0.15, 0.2) is 47.8 Å². The fourth-order valence-electron chi connectivity index (χ4n) is 4.52. The Morgan fingerprint density at radius 3 is 2.61 bits per heavy atom. The average molecular weight is 562 g/mol. The highest BCUT2D eigenvalue weighted by Gasteiger charge is 2.39. The molecule has 0 saturated heterocycles. The maximum Gasteiger partial charge on any atom is 0.435 e. The Labute approximate surface area is 213 Å². The van der Waals surface area contributed by atoms with Crippen molar-refractivity contribution in [3.63, 3.8) is 0 Å². The highest BCUT2D eigenvalue weighted by molar-refractivity contribution is 9.08. The first-order valence-corrected chi connectivity index (χ1v) is 12.6. The molecule has 1 fully saturated rings. The summed E-state index contributed by atoms with van der Waals surface area (Å²) in [7, 11) is 1.56. The summed E-state index contributed by atoms with van der Waals surface area (Å²) in [6, 6.07) is 6.49. The van der Waals surface area contributed by atoms with Crippen molar-refractivity contribution < 1.29 is 17.9 Å². The number of hydrogen-bond acceptors (Lipinski definition) is 5. The fraction of sp³-hybridized carbons (Fsp3) is 0.360. The molecule has 1 aliphatic rings. The van der Waals surface area contributed by atoms with E-state index in [9.17, 15) is 18.0 Å². The number of fused-ring (bicyclic) bond motifs is 1. The fourth-order valence-corrected chi connectivity index (χ4v) is 4.84. The molecule has 0 spiro atoms. The zero-order chi connectivity index (χ0) is 25.6. The van der Waals surface area contributed by atoms with Gasteiger partial charge in [0.1, 0.15) is 5.75 Å². The second kappa shape index (κ2) is 9.34. The molecule has 0 bridgehead atoms.